The Hall–Kier alpha value is -1.15. The number of hydrogen-bond acceptors (Lipinski definition) is 1. The summed E-state index contributed by atoms with van der Waals surface area (Å²) in [5, 5.41) is 0. The first-order valence-corrected chi connectivity index (χ1v) is 8.90. The molecule has 1 aromatic carbocycles. The Labute approximate surface area is 143 Å². The Bertz CT molecular complexity index is 610. The molecule has 0 radical (unpaired) electrons. The molecule has 1 aromatic heterocycles. The van der Waals surface area contributed by atoms with Gasteiger partial charge >= 0.3 is 0 Å². The van der Waals surface area contributed by atoms with E-state index in [1.807, 2.05) is 6.20 Å². The van der Waals surface area contributed by atoms with Crippen LogP contribution >= 0.6 is 15.9 Å². The first-order valence-electron chi connectivity index (χ1n) is 8.10. The van der Waals surface area contributed by atoms with E-state index >= 15 is 0 Å². The van der Waals surface area contributed by atoms with Crippen LogP contribution in [-0.2, 0) is 0 Å². The predicted octanol–water partition coefficient (Wildman–Crippen LogP) is 6.88. The second-order valence-corrected chi connectivity index (χ2v) is 7.82. The van der Waals surface area contributed by atoms with Gasteiger partial charge in [-0.1, -0.05) is 53.7 Å². The molecule has 0 bridgehead atoms. The van der Waals surface area contributed by atoms with E-state index in [0.29, 0.717) is 17.8 Å². The van der Waals surface area contributed by atoms with Gasteiger partial charge in [0.2, 0.25) is 0 Å². The largest absolute Gasteiger partial charge is 0.255 e. The van der Waals surface area contributed by atoms with Crippen molar-refractivity contribution in [2.24, 2.45) is 0 Å². The molecule has 0 aliphatic carbocycles. The van der Waals surface area contributed by atoms with Crippen LogP contribution in [0.15, 0.2) is 34.9 Å². The maximum Gasteiger partial charge on any atom is 0.0708 e. The summed E-state index contributed by atoms with van der Waals surface area (Å²) in [6.07, 6.45) is 1.89. The average Bonchev–Trinajstić information content (AvgIpc) is 2.46. The highest BCUT2D eigenvalue weighted by atomic mass is 79.9. The van der Waals surface area contributed by atoms with Crippen molar-refractivity contribution in [2.45, 2.75) is 59.3 Å². The van der Waals surface area contributed by atoms with Crippen molar-refractivity contribution < 1.29 is 0 Å². The summed E-state index contributed by atoms with van der Waals surface area (Å²) in [7, 11) is 0. The van der Waals surface area contributed by atoms with Crippen LogP contribution in [0.1, 0.15) is 76.0 Å². The van der Waals surface area contributed by atoms with Crippen molar-refractivity contribution in [1.82, 2.24) is 4.98 Å². The highest BCUT2D eigenvalue weighted by Gasteiger charge is 2.19. The van der Waals surface area contributed by atoms with E-state index in [-0.39, 0.29) is 0 Å². The molecule has 0 aliphatic rings. The van der Waals surface area contributed by atoms with Gasteiger partial charge in [0.05, 0.1) is 5.69 Å². The topological polar surface area (TPSA) is 12.9 Å². The zero-order valence-corrected chi connectivity index (χ0v) is 16.0. The Morgan fingerprint density at radius 2 is 1.36 bits per heavy atom. The summed E-state index contributed by atoms with van der Waals surface area (Å²) in [4.78, 5) is 4.66. The smallest absolute Gasteiger partial charge is 0.0708 e. The van der Waals surface area contributed by atoms with Crippen LogP contribution in [0.5, 0.6) is 0 Å². The van der Waals surface area contributed by atoms with E-state index in [2.05, 4.69) is 86.7 Å². The third kappa shape index (κ3) is 3.60. The van der Waals surface area contributed by atoms with Crippen LogP contribution in [0.3, 0.4) is 0 Å². The molecule has 2 aromatic rings. The van der Waals surface area contributed by atoms with Crippen LogP contribution in [-0.4, -0.2) is 4.98 Å². The average molecular weight is 360 g/mol. The van der Waals surface area contributed by atoms with Gasteiger partial charge in [0, 0.05) is 16.2 Å². The van der Waals surface area contributed by atoms with Gasteiger partial charge < -0.3 is 0 Å². The van der Waals surface area contributed by atoms with E-state index in [4.69, 9.17) is 0 Å². The number of hydrogen-bond donors (Lipinski definition) is 0. The lowest BCUT2D eigenvalue weighted by Crippen LogP contribution is -2.04. The minimum absolute atomic E-state index is 0.483. The van der Waals surface area contributed by atoms with E-state index in [9.17, 15) is 0 Å². The normalized spacial score (nSPS) is 11.7. The zero-order chi connectivity index (χ0) is 16.4. The number of halogens is 1. The summed E-state index contributed by atoms with van der Waals surface area (Å²) in [5.74, 6) is 1.51. The van der Waals surface area contributed by atoms with E-state index in [0.717, 1.165) is 10.2 Å². The summed E-state index contributed by atoms with van der Waals surface area (Å²) in [6.45, 7) is 13.6. The molecule has 2 heteroatoms. The maximum atomic E-state index is 4.66. The molecule has 2 rings (SSSR count). The van der Waals surface area contributed by atoms with Crippen molar-refractivity contribution in [3.63, 3.8) is 0 Å². The minimum Gasteiger partial charge on any atom is -0.255 e. The van der Waals surface area contributed by atoms with Gasteiger partial charge in [-0.05, 0) is 62.5 Å². The summed E-state index contributed by atoms with van der Waals surface area (Å²) < 4.78 is 1.02. The van der Waals surface area contributed by atoms with E-state index in [1.165, 1.54) is 22.3 Å². The molecule has 0 N–H and O–H groups in total. The number of aromatic nitrogens is 1. The van der Waals surface area contributed by atoms with Crippen molar-refractivity contribution in [2.75, 3.05) is 0 Å². The Balaban J connectivity index is 2.76. The van der Waals surface area contributed by atoms with Gasteiger partial charge in [0.15, 0.2) is 0 Å². The van der Waals surface area contributed by atoms with Gasteiger partial charge in [-0.25, -0.2) is 0 Å². The van der Waals surface area contributed by atoms with Crippen LogP contribution in [0.25, 0.3) is 11.3 Å². The fourth-order valence-corrected chi connectivity index (χ4v) is 3.01. The molecule has 0 saturated heterocycles. The van der Waals surface area contributed by atoms with E-state index in [1.54, 1.807) is 0 Å². The lowest BCUT2D eigenvalue weighted by molar-refractivity contribution is 0.806. The number of pyridine rings is 1. The highest BCUT2D eigenvalue weighted by molar-refractivity contribution is 9.10. The molecule has 0 amide bonds. The number of nitrogens with zero attached hydrogens (tertiary/aromatic N) is 1. The summed E-state index contributed by atoms with van der Waals surface area (Å²) in [5.41, 5.74) is 6.63. The highest BCUT2D eigenvalue weighted by Crippen LogP contribution is 2.38. The zero-order valence-electron chi connectivity index (χ0n) is 14.4. The number of rotatable bonds is 4. The molecule has 0 aliphatic heterocycles. The quantitative estimate of drug-likeness (QED) is 0.579. The standard InChI is InChI=1S/C20H26BrN/c1-12(2)15-9-17(13(3)4)20(18(10-15)14(5)6)19-8-7-16(21)11-22-19/h7-14H,1-6H3. The van der Waals surface area contributed by atoms with Crippen molar-refractivity contribution in [3.05, 3.63) is 51.6 Å². The van der Waals surface area contributed by atoms with Crippen LogP contribution < -0.4 is 0 Å². The van der Waals surface area contributed by atoms with Gasteiger partial charge in [-0.15, -0.1) is 0 Å². The molecule has 0 fully saturated rings. The van der Waals surface area contributed by atoms with Crippen molar-refractivity contribution in [3.8, 4) is 11.3 Å². The molecule has 118 valence electrons. The lowest BCUT2D eigenvalue weighted by Gasteiger charge is -2.22. The second-order valence-electron chi connectivity index (χ2n) is 6.90. The van der Waals surface area contributed by atoms with Gasteiger partial charge in [0.25, 0.3) is 0 Å². The van der Waals surface area contributed by atoms with Crippen LogP contribution in [0.4, 0.5) is 0 Å². The van der Waals surface area contributed by atoms with Gasteiger partial charge in [0.1, 0.15) is 0 Å². The van der Waals surface area contributed by atoms with Crippen molar-refractivity contribution >= 4 is 15.9 Å². The molecule has 0 spiro atoms. The molecule has 0 unspecified atom stereocenters. The lowest BCUT2D eigenvalue weighted by atomic mass is 9.83. The fraction of sp³-hybridized carbons (Fsp3) is 0.450. The third-order valence-corrected chi connectivity index (χ3v) is 4.58. The van der Waals surface area contributed by atoms with Gasteiger partial charge in [-0.2, -0.15) is 0 Å². The minimum atomic E-state index is 0.483. The molecule has 0 atom stereocenters. The molecular formula is C20H26BrN. The Morgan fingerprint density at radius 1 is 0.818 bits per heavy atom. The third-order valence-electron chi connectivity index (χ3n) is 4.12. The molecule has 1 heterocycles. The van der Waals surface area contributed by atoms with Crippen molar-refractivity contribution in [1.29, 1.82) is 0 Å². The van der Waals surface area contributed by atoms with Crippen LogP contribution in [0, 0.1) is 0 Å². The second kappa shape index (κ2) is 6.95. The Kier molecular flexibility index (Phi) is 5.44. The molecule has 0 saturated carbocycles. The fourth-order valence-electron chi connectivity index (χ4n) is 2.78. The Morgan fingerprint density at radius 3 is 1.73 bits per heavy atom. The van der Waals surface area contributed by atoms with Gasteiger partial charge in [-0.3, -0.25) is 4.98 Å². The monoisotopic (exact) mass is 359 g/mol. The van der Waals surface area contributed by atoms with E-state index < -0.39 is 0 Å². The predicted molar refractivity (Wildman–Crippen MR) is 99.6 cm³/mol. The SMILES string of the molecule is CC(C)c1cc(C(C)C)c(-c2ccc(Br)cn2)c(C(C)C)c1. The molecule has 22 heavy (non-hydrogen) atoms. The number of benzene rings is 1. The first kappa shape index (κ1) is 17.2. The summed E-state index contributed by atoms with van der Waals surface area (Å²) >= 11 is 3.48. The summed E-state index contributed by atoms with van der Waals surface area (Å²) in [6, 6.07) is 8.94. The molecular weight excluding hydrogens is 334 g/mol. The molecule has 1 nitrogen and oxygen atoms in total. The van der Waals surface area contributed by atoms with Crippen LogP contribution in [0.2, 0.25) is 0 Å². The first-order chi connectivity index (χ1) is 10.3. The maximum absolute atomic E-state index is 4.66.